The zero-order chi connectivity index (χ0) is 11.8. The SMILES string of the molecule is CCCNC(CC)c1ccc(SCC)cc1. The molecule has 1 atom stereocenters. The second-order valence-corrected chi connectivity index (χ2v) is 5.25. The van der Waals surface area contributed by atoms with E-state index in [9.17, 15) is 0 Å². The summed E-state index contributed by atoms with van der Waals surface area (Å²) in [6.07, 6.45) is 2.35. The molecule has 0 aliphatic rings. The van der Waals surface area contributed by atoms with Crippen molar-refractivity contribution in [1.82, 2.24) is 5.32 Å². The molecule has 0 saturated carbocycles. The predicted octanol–water partition coefficient (Wildman–Crippen LogP) is 4.25. The lowest BCUT2D eigenvalue weighted by Crippen LogP contribution is -2.21. The normalized spacial score (nSPS) is 12.7. The fourth-order valence-electron chi connectivity index (χ4n) is 1.78. The standard InChI is InChI=1S/C14H23NS/c1-4-11-15-14(5-2)12-7-9-13(10-8-12)16-6-3/h7-10,14-15H,4-6,11H2,1-3H3. The van der Waals surface area contributed by atoms with Gasteiger partial charge in [-0.25, -0.2) is 0 Å². The topological polar surface area (TPSA) is 12.0 Å². The Morgan fingerprint density at radius 3 is 2.31 bits per heavy atom. The van der Waals surface area contributed by atoms with Crippen molar-refractivity contribution >= 4 is 11.8 Å². The zero-order valence-corrected chi connectivity index (χ0v) is 11.4. The summed E-state index contributed by atoms with van der Waals surface area (Å²) >= 11 is 1.90. The molecule has 0 amide bonds. The van der Waals surface area contributed by atoms with Crippen molar-refractivity contribution in [2.45, 2.75) is 44.6 Å². The highest BCUT2D eigenvalue weighted by atomic mass is 32.2. The fraction of sp³-hybridized carbons (Fsp3) is 0.571. The van der Waals surface area contributed by atoms with E-state index in [1.165, 1.54) is 16.9 Å². The van der Waals surface area contributed by atoms with Gasteiger partial charge in [-0.3, -0.25) is 0 Å². The van der Waals surface area contributed by atoms with Gasteiger partial charge in [0.15, 0.2) is 0 Å². The van der Waals surface area contributed by atoms with Crippen LogP contribution in [0.5, 0.6) is 0 Å². The maximum absolute atomic E-state index is 3.58. The number of nitrogens with one attached hydrogen (secondary N) is 1. The van der Waals surface area contributed by atoms with Gasteiger partial charge in [-0.1, -0.05) is 32.9 Å². The quantitative estimate of drug-likeness (QED) is 0.712. The van der Waals surface area contributed by atoms with Crippen LogP contribution in [0.25, 0.3) is 0 Å². The zero-order valence-electron chi connectivity index (χ0n) is 10.6. The molecule has 1 unspecified atom stereocenters. The largest absolute Gasteiger partial charge is 0.310 e. The number of hydrogen-bond acceptors (Lipinski definition) is 2. The maximum Gasteiger partial charge on any atom is 0.0317 e. The lowest BCUT2D eigenvalue weighted by atomic mass is 10.0. The summed E-state index contributed by atoms with van der Waals surface area (Å²) in [5, 5.41) is 3.58. The average Bonchev–Trinajstić information content (AvgIpc) is 2.32. The van der Waals surface area contributed by atoms with Crippen molar-refractivity contribution in [2.24, 2.45) is 0 Å². The Balaban J connectivity index is 2.62. The van der Waals surface area contributed by atoms with Gasteiger partial charge in [0, 0.05) is 10.9 Å². The highest BCUT2D eigenvalue weighted by Crippen LogP contribution is 2.22. The third kappa shape index (κ3) is 4.18. The molecule has 1 rings (SSSR count). The van der Waals surface area contributed by atoms with Gasteiger partial charge in [0.05, 0.1) is 0 Å². The first-order valence-corrected chi connectivity index (χ1v) is 7.26. The van der Waals surface area contributed by atoms with Crippen LogP contribution in [0.3, 0.4) is 0 Å². The molecular weight excluding hydrogens is 214 g/mol. The highest BCUT2D eigenvalue weighted by Gasteiger charge is 2.07. The Labute approximate surface area is 104 Å². The van der Waals surface area contributed by atoms with Crippen LogP contribution in [0.2, 0.25) is 0 Å². The first-order chi connectivity index (χ1) is 7.81. The Bertz CT molecular complexity index is 281. The second-order valence-electron chi connectivity index (χ2n) is 3.92. The Morgan fingerprint density at radius 2 is 1.81 bits per heavy atom. The number of thioether (sulfide) groups is 1. The molecule has 0 heterocycles. The number of rotatable bonds is 7. The Hall–Kier alpha value is -0.470. The van der Waals surface area contributed by atoms with Crippen LogP contribution in [-0.2, 0) is 0 Å². The molecular formula is C14H23NS. The van der Waals surface area contributed by atoms with E-state index in [0.29, 0.717) is 6.04 Å². The van der Waals surface area contributed by atoms with Crippen LogP contribution in [0, 0.1) is 0 Å². The van der Waals surface area contributed by atoms with Gasteiger partial charge in [0.2, 0.25) is 0 Å². The molecule has 0 aromatic heterocycles. The molecule has 0 bridgehead atoms. The van der Waals surface area contributed by atoms with E-state index in [1.807, 2.05) is 11.8 Å². The minimum Gasteiger partial charge on any atom is -0.310 e. The van der Waals surface area contributed by atoms with E-state index in [1.54, 1.807) is 0 Å². The lowest BCUT2D eigenvalue weighted by molar-refractivity contribution is 0.518. The Kier molecular flexibility index (Phi) is 6.58. The van der Waals surface area contributed by atoms with Crippen molar-refractivity contribution in [2.75, 3.05) is 12.3 Å². The van der Waals surface area contributed by atoms with Crippen molar-refractivity contribution < 1.29 is 0 Å². The molecule has 0 saturated heterocycles. The minimum atomic E-state index is 0.514. The third-order valence-corrected chi connectivity index (χ3v) is 3.54. The molecule has 0 aliphatic carbocycles. The van der Waals surface area contributed by atoms with E-state index >= 15 is 0 Å². The van der Waals surface area contributed by atoms with Gasteiger partial charge < -0.3 is 5.32 Å². The predicted molar refractivity (Wildman–Crippen MR) is 74.2 cm³/mol. The molecule has 1 aromatic rings. The van der Waals surface area contributed by atoms with Crippen LogP contribution < -0.4 is 5.32 Å². The summed E-state index contributed by atoms with van der Waals surface area (Å²) in [5.41, 5.74) is 1.41. The summed E-state index contributed by atoms with van der Waals surface area (Å²) in [6, 6.07) is 9.50. The average molecular weight is 237 g/mol. The smallest absolute Gasteiger partial charge is 0.0317 e. The van der Waals surface area contributed by atoms with Gasteiger partial charge >= 0.3 is 0 Å². The van der Waals surface area contributed by atoms with E-state index in [2.05, 4.69) is 50.4 Å². The van der Waals surface area contributed by atoms with Crippen LogP contribution in [0.15, 0.2) is 29.2 Å². The lowest BCUT2D eigenvalue weighted by Gasteiger charge is -2.17. The summed E-state index contributed by atoms with van der Waals surface area (Å²) < 4.78 is 0. The molecule has 1 N–H and O–H groups in total. The summed E-state index contributed by atoms with van der Waals surface area (Å²) in [4.78, 5) is 1.37. The molecule has 0 fully saturated rings. The first-order valence-electron chi connectivity index (χ1n) is 6.27. The van der Waals surface area contributed by atoms with Gasteiger partial charge in [0.25, 0.3) is 0 Å². The molecule has 16 heavy (non-hydrogen) atoms. The molecule has 1 nitrogen and oxygen atoms in total. The van der Waals surface area contributed by atoms with Crippen molar-refractivity contribution in [1.29, 1.82) is 0 Å². The van der Waals surface area contributed by atoms with Gasteiger partial charge in [-0.15, -0.1) is 11.8 Å². The fourth-order valence-corrected chi connectivity index (χ4v) is 2.44. The minimum absolute atomic E-state index is 0.514. The van der Waals surface area contributed by atoms with Crippen molar-refractivity contribution in [3.8, 4) is 0 Å². The van der Waals surface area contributed by atoms with Crippen molar-refractivity contribution in [3.05, 3.63) is 29.8 Å². The highest BCUT2D eigenvalue weighted by molar-refractivity contribution is 7.99. The summed E-state index contributed by atoms with van der Waals surface area (Å²) in [7, 11) is 0. The van der Waals surface area contributed by atoms with Crippen LogP contribution in [-0.4, -0.2) is 12.3 Å². The number of benzene rings is 1. The molecule has 90 valence electrons. The van der Waals surface area contributed by atoms with Gasteiger partial charge in [0.1, 0.15) is 0 Å². The van der Waals surface area contributed by atoms with Gasteiger partial charge in [-0.2, -0.15) is 0 Å². The van der Waals surface area contributed by atoms with Crippen molar-refractivity contribution in [3.63, 3.8) is 0 Å². The van der Waals surface area contributed by atoms with E-state index < -0.39 is 0 Å². The number of hydrogen-bond donors (Lipinski definition) is 1. The first kappa shape index (κ1) is 13.6. The van der Waals surface area contributed by atoms with E-state index in [4.69, 9.17) is 0 Å². The Morgan fingerprint density at radius 1 is 1.12 bits per heavy atom. The second kappa shape index (κ2) is 7.75. The molecule has 0 radical (unpaired) electrons. The van der Waals surface area contributed by atoms with E-state index in [0.717, 1.165) is 18.7 Å². The van der Waals surface area contributed by atoms with E-state index in [-0.39, 0.29) is 0 Å². The molecule has 1 aromatic carbocycles. The third-order valence-electron chi connectivity index (χ3n) is 2.64. The van der Waals surface area contributed by atoms with Crippen LogP contribution in [0.1, 0.15) is 45.2 Å². The summed E-state index contributed by atoms with van der Waals surface area (Å²) in [5.74, 6) is 1.14. The van der Waals surface area contributed by atoms with Crippen LogP contribution >= 0.6 is 11.8 Å². The maximum atomic E-state index is 3.58. The summed E-state index contributed by atoms with van der Waals surface area (Å²) in [6.45, 7) is 7.74. The molecule has 0 aliphatic heterocycles. The molecule has 0 spiro atoms. The van der Waals surface area contributed by atoms with Crippen LogP contribution in [0.4, 0.5) is 0 Å². The molecule has 2 heteroatoms. The van der Waals surface area contributed by atoms with Gasteiger partial charge in [-0.05, 0) is 42.8 Å². The monoisotopic (exact) mass is 237 g/mol.